The van der Waals surface area contributed by atoms with Crippen molar-refractivity contribution in [1.29, 1.82) is 0 Å². The highest BCUT2D eigenvalue weighted by molar-refractivity contribution is 6.32. The lowest BCUT2D eigenvalue weighted by Crippen LogP contribution is -2.88. The maximum atomic E-state index is 14.1. The fourth-order valence-corrected chi connectivity index (χ4v) is 7.01. The molecule has 5 rings (SSSR count). The zero-order valence-corrected chi connectivity index (χ0v) is 21.6. The van der Waals surface area contributed by atoms with E-state index in [2.05, 4.69) is 0 Å². The summed E-state index contributed by atoms with van der Waals surface area (Å²) in [6.45, 7) is 5.88. The Morgan fingerprint density at radius 3 is 1.42 bits per heavy atom. The molecule has 0 radical (unpaired) electrons. The summed E-state index contributed by atoms with van der Waals surface area (Å²) in [6, 6.07) is 10.0. The average Bonchev–Trinajstić information content (AvgIpc) is 3.21. The van der Waals surface area contributed by atoms with E-state index in [1.54, 1.807) is 50.2 Å². The summed E-state index contributed by atoms with van der Waals surface area (Å²) in [4.78, 5) is 57.5. The monoisotopic (exact) mass is 530 g/mol. The minimum absolute atomic E-state index is 0.00142. The number of hydrogen-bond donors (Lipinski definition) is 0. The van der Waals surface area contributed by atoms with E-state index in [4.69, 9.17) is 32.7 Å². The van der Waals surface area contributed by atoms with Crippen molar-refractivity contribution in [1.82, 2.24) is 0 Å². The van der Waals surface area contributed by atoms with Crippen molar-refractivity contribution in [3.63, 3.8) is 0 Å². The van der Waals surface area contributed by atoms with Crippen LogP contribution in [0, 0.1) is 0 Å². The van der Waals surface area contributed by atoms with Gasteiger partial charge in [-0.25, -0.2) is 9.59 Å². The molecule has 0 bridgehead atoms. The molecule has 0 spiro atoms. The Morgan fingerprint density at radius 2 is 1.11 bits per heavy atom. The predicted molar refractivity (Wildman–Crippen MR) is 133 cm³/mol. The van der Waals surface area contributed by atoms with Crippen LogP contribution in [0.2, 0.25) is 10.0 Å². The van der Waals surface area contributed by atoms with Crippen molar-refractivity contribution in [2.45, 2.75) is 50.6 Å². The third-order valence-electron chi connectivity index (χ3n) is 7.46. The molecule has 2 heterocycles. The van der Waals surface area contributed by atoms with E-state index in [1.807, 2.05) is 0 Å². The molecule has 2 amide bonds. The van der Waals surface area contributed by atoms with Crippen LogP contribution in [0.4, 0.5) is 11.4 Å². The number of benzene rings is 2. The van der Waals surface area contributed by atoms with Gasteiger partial charge in [-0.05, 0) is 49.2 Å². The SMILES string of the molecule is CCOC(=O)[C@]12C(c3ccc(Cl)cc3N1C(C)=O)C1c3ccc(Cl)cc3N(C(C)=O)[C@]12C(=O)OCC. The van der Waals surface area contributed by atoms with Gasteiger partial charge in [0.15, 0.2) is 11.1 Å². The van der Waals surface area contributed by atoms with Gasteiger partial charge in [-0.15, -0.1) is 0 Å². The number of nitrogens with zero attached hydrogens (tertiary/aromatic N) is 2. The van der Waals surface area contributed by atoms with Crippen molar-refractivity contribution < 1.29 is 28.7 Å². The summed E-state index contributed by atoms with van der Waals surface area (Å²) in [7, 11) is 0. The Bertz CT molecular complexity index is 1240. The van der Waals surface area contributed by atoms with E-state index >= 15 is 0 Å². The molecule has 1 fully saturated rings. The summed E-state index contributed by atoms with van der Waals surface area (Å²) in [5, 5.41) is 0.706. The zero-order chi connectivity index (χ0) is 26.2. The molecule has 2 aromatic carbocycles. The summed E-state index contributed by atoms with van der Waals surface area (Å²) in [5.41, 5.74) is -1.75. The number of fused-ring (bicyclic) bond motifs is 8. The molecular formula is C26H24Cl2N2O6. The van der Waals surface area contributed by atoms with Crippen molar-refractivity contribution in [2.75, 3.05) is 23.0 Å². The number of amides is 2. The van der Waals surface area contributed by atoms with Gasteiger partial charge in [-0.2, -0.15) is 0 Å². The van der Waals surface area contributed by atoms with Crippen LogP contribution in [0.25, 0.3) is 0 Å². The molecule has 2 unspecified atom stereocenters. The van der Waals surface area contributed by atoms with E-state index in [0.717, 1.165) is 0 Å². The van der Waals surface area contributed by atoms with Gasteiger partial charge >= 0.3 is 11.9 Å². The Morgan fingerprint density at radius 1 is 0.750 bits per heavy atom. The smallest absolute Gasteiger partial charge is 0.336 e. The summed E-state index contributed by atoms with van der Waals surface area (Å²) in [6.07, 6.45) is 0. The number of anilines is 2. The lowest BCUT2D eigenvalue weighted by Gasteiger charge is -2.64. The van der Waals surface area contributed by atoms with Crippen LogP contribution in [0.3, 0.4) is 0 Å². The minimum Gasteiger partial charge on any atom is -0.464 e. The number of carbonyl (C=O) groups is 4. The highest BCUT2D eigenvalue weighted by Crippen LogP contribution is 2.76. The minimum atomic E-state index is -1.92. The topological polar surface area (TPSA) is 93.2 Å². The van der Waals surface area contributed by atoms with E-state index in [9.17, 15) is 19.2 Å². The Hall–Kier alpha value is -3.10. The summed E-state index contributed by atoms with van der Waals surface area (Å²) >= 11 is 12.6. The standard InChI is InChI=1S/C26H24Cl2N2O6/c1-5-35-23(33)25-21(17-9-7-15(27)11-19(17)29(25)13(3)31)22-18-10-8-16(28)12-20(18)30(14(4)32)26(22,25)24(34)36-6-2/h7-12,21-22H,5-6H2,1-4H3/t21?,22?,25-,26-/m0/s1. The first-order valence-corrected chi connectivity index (χ1v) is 12.4. The fourth-order valence-electron chi connectivity index (χ4n) is 6.68. The Labute approximate surface area is 218 Å². The third-order valence-corrected chi connectivity index (χ3v) is 7.93. The molecule has 0 saturated heterocycles. The van der Waals surface area contributed by atoms with Gasteiger partial charge in [0.1, 0.15) is 0 Å². The quantitative estimate of drug-likeness (QED) is 0.549. The lowest BCUT2D eigenvalue weighted by molar-refractivity contribution is -0.178. The highest BCUT2D eigenvalue weighted by Gasteiger charge is 2.90. The molecule has 10 heteroatoms. The second-order valence-corrected chi connectivity index (χ2v) is 9.92. The zero-order valence-electron chi connectivity index (χ0n) is 20.1. The summed E-state index contributed by atoms with van der Waals surface area (Å²) < 4.78 is 11.1. The molecule has 0 aromatic heterocycles. The Balaban J connectivity index is 1.95. The summed E-state index contributed by atoms with van der Waals surface area (Å²) in [5.74, 6) is -4.02. The maximum Gasteiger partial charge on any atom is 0.336 e. The molecule has 1 saturated carbocycles. The predicted octanol–water partition coefficient (Wildman–Crippen LogP) is 4.21. The number of hydrogen-bond acceptors (Lipinski definition) is 6. The first-order valence-electron chi connectivity index (χ1n) is 11.7. The van der Waals surface area contributed by atoms with Crippen LogP contribution in [0.1, 0.15) is 50.7 Å². The lowest BCUT2D eigenvalue weighted by atomic mass is 9.45. The van der Waals surface area contributed by atoms with Gasteiger partial charge in [0.25, 0.3) is 0 Å². The first kappa shape index (κ1) is 24.6. The molecule has 1 aliphatic carbocycles. The van der Waals surface area contributed by atoms with Crippen molar-refractivity contribution in [2.24, 2.45) is 0 Å². The Kier molecular flexibility index (Phi) is 5.61. The number of rotatable bonds is 4. The van der Waals surface area contributed by atoms with Gasteiger partial charge in [-0.1, -0.05) is 35.3 Å². The maximum absolute atomic E-state index is 14.1. The first-order chi connectivity index (χ1) is 17.1. The average molecular weight is 531 g/mol. The van der Waals surface area contributed by atoms with Crippen LogP contribution in [-0.4, -0.2) is 48.0 Å². The molecular weight excluding hydrogens is 507 g/mol. The largest absolute Gasteiger partial charge is 0.464 e. The second-order valence-electron chi connectivity index (χ2n) is 9.04. The van der Waals surface area contributed by atoms with E-state index in [0.29, 0.717) is 32.5 Å². The second kappa shape index (κ2) is 8.21. The number of esters is 2. The molecule has 8 nitrogen and oxygen atoms in total. The van der Waals surface area contributed by atoms with Crippen molar-refractivity contribution in [3.05, 3.63) is 57.6 Å². The number of halogens is 2. The van der Waals surface area contributed by atoms with Crippen LogP contribution in [-0.2, 0) is 28.7 Å². The van der Waals surface area contributed by atoms with Crippen molar-refractivity contribution in [3.8, 4) is 0 Å². The van der Waals surface area contributed by atoms with E-state index < -0.39 is 46.7 Å². The molecule has 0 N–H and O–H groups in total. The van der Waals surface area contributed by atoms with Crippen LogP contribution in [0.15, 0.2) is 36.4 Å². The van der Waals surface area contributed by atoms with Gasteiger partial charge in [0.05, 0.1) is 24.6 Å². The van der Waals surface area contributed by atoms with Crippen molar-refractivity contribution >= 4 is 58.3 Å². The molecule has 188 valence electrons. The van der Waals surface area contributed by atoms with Crippen LogP contribution < -0.4 is 9.80 Å². The van der Waals surface area contributed by atoms with Crippen LogP contribution in [0.5, 0.6) is 0 Å². The number of carbonyl (C=O) groups excluding carboxylic acids is 4. The molecule has 2 aliphatic heterocycles. The highest BCUT2D eigenvalue weighted by atomic mass is 35.5. The van der Waals surface area contributed by atoms with Gasteiger partial charge in [0, 0.05) is 35.7 Å². The molecule has 4 atom stereocenters. The molecule has 2 aromatic rings. The normalized spacial score (nSPS) is 26.8. The third kappa shape index (κ3) is 2.66. The van der Waals surface area contributed by atoms with Crippen LogP contribution >= 0.6 is 23.2 Å². The van der Waals surface area contributed by atoms with E-state index in [1.165, 1.54) is 23.6 Å². The molecule has 3 aliphatic rings. The molecule has 36 heavy (non-hydrogen) atoms. The van der Waals surface area contributed by atoms with Gasteiger partial charge < -0.3 is 9.47 Å². The van der Waals surface area contributed by atoms with Gasteiger partial charge in [0.2, 0.25) is 11.8 Å². The number of ether oxygens (including phenoxy) is 2. The van der Waals surface area contributed by atoms with E-state index in [-0.39, 0.29) is 13.2 Å². The van der Waals surface area contributed by atoms with Gasteiger partial charge in [-0.3, -0.25) is 19.4 Å². The fraction of sp³-hybridized carbons (Fsp3) is 0.385.